The molecule has 0 aliphatic heterocycles. The highest BCUT2D eigenvalue weighted by Crippen LogP contribution is 2.17. The van der Waals surface area contributed by atoms with Gasteiger partial charge in [0.15, 0.2) is 0 Å². The Hall–Kier alpha value is -2.97. The molecule has 1 N–H and O–H groups in total. The van der Waals surface area contributed by atoms with Crippen molar-refractivity contribution in [1.29, 1.82) is 0 Å². The van der Waals surface area contributed by atoms with E-state index in [1.165, 1.54) is 0 Å². The first-order valence-electron chi connectivity index (χ1n) is 7.15. The predicted molar refractivity (Wildman–Crippen MR) is 82.2 cm³/mol. The molecule has 1 amide bonds. The van der Waals surface area contributed by atoms with E-state index in [9.17, 15) is 14.9 Å². The molecule has 0 aliphatic rings. The molecule has 0 radical (unpaired) electrons. The van der Waals surface area contributed by atoms with Crippen LogP contribution in [0.5, 0.6) is 5.75 Å². The van der Waals surface area contributed by atoms with E-state index < -0.39 is 10.9 Å². The van der Waals surface area contributed by atoms with Gasteiger partial charge in [0.05, 0.1) is 6.61 Å². The fourth-order valence-corrected chi connectivity index (χ4v) is 1.79. The maximum Gasteiger partial charge on any atom is 0.490 e. The number of amides is 1. The van der Waals surface area contributed by atoms with Crippen LogP contribution in [-0.4, -0.2) is 32.2 Å². The van der Waals surface area contributed by atoms with Gasteiger partial charge in [0.2, 0.25) is 12.2 Å². The smallest absolute Gasteiger partial charge is 0.490 e. The number of benzene rings is 1. The highest BCUT2D eigenvalue weighted by atomic mass is 16.6. The Balaban J connectivity index is 1.91. The van der Waals surface area contributed by atoms with Crippen LogP contribution in [0.3, 0.4) is 0 Å². The average Bonchev–Trinajstić information content (AvgIpc) is 2.96. The lowest BCUT2D eigenvalue weighted by molar-refractivity contribution is -0.394. The van der Waals surface area contributed by atoms with Gasteiger partial charge in [-0.3, -0.25) is 4.79 Å². The number of anilines is 1. The summed E-state index contributed by atoms with van der Waals surface area (Å²) in [4.78, 5) is 25.2. The number of ether oxygens (including phenoxy) is 1. The molecular formula is C14H17N5O4. The van der Waals surface area contributed by atoms with Crippen molar-refractivity contribution in [2.45, 2.75) is 26.3 Å². The van der Waals surface area contributed by atoms with Gasteiger partial charge in [-0.15, -0.1) is 0 Å². The van der Waals surface area contributed by atoms with Crippen LogP contribution in [0.4, 0.5) is 11.6 Å². The summed E-state index contributed by atoms with van der Waals surface area (Å²) in [7, 11) is 0. The summed E-state index contributed by atoms with van der Waals surface area (Å²) in [6.07, 6.45) is 3.14. The topological polar surface area (TPSA) is 112 Å². The van der Waals surface area contributed by atoms with Gasteiger partial charge in [0, 0.05) is 16.9 Å². The van der Waals surface area contributed by atoms with E-state index in [1.807, 2.05) is 6.07 Å². The van der Waals surface area contributed by atoms with E-state index in [4.69, 9.17) is 4.74 Å². The highest BCUT2D eigenvalue weighted by molar-refractivity contribution is 5.90. The molecule has 0 atom stereocenters. The number of aromatic nitrogens is 3. The van der Waals surface area contributed by atoms with E-state index in [-0.39, 0.29) is 12.5 Å². The molecule has 2 rings (SSSR count). The van der Waals surface area contributed by atoms with Crippen molar-refractivity contribution in [3.05, 3.63) is 40.7 Å². The Kier molecular flexibility index (Phi) is 5.61. The Morgan fingerprint density at radius 1 is 1.48 bits per heavy atom. The normalized spacial score (nSPS) is 10.3. The fraction of sp³-hybridized carbons (Fsp3) is 0.357. The summed E-state index contributed by atoms with van der Waals surface area (Å²) in [5.74, 6) is -0.229. The summed E-state index contributed by atoms with van der Waals surface area (Å²) in [5.41, 5.74) is 0.582. The van der Waals surface area contributed by atoms with E-state index in [2.05, 4.69) is 22.3 Å². The second kappa shape index (κ2) is 7.87. The molecule has 1 aromatic heterocycles. The molecule has 1 aromatic carbocycles. The van der Waals surface area contributed by atoms with Crippen molar-refractivity contribution in [2.24, 2.45) is 0 Å². The monoisotopic (exact) mass is 319 g/mol. The lowest BCUT2D eigenvalue weighted by atomic mass is 10.3. The number of hydrogen-bond acceptors (Lipinski definition) is 6. The van der Waals surface area contributed by atoms with Crippen molar-refractivity contribution < 1.29 is 14.5 Å². The van der Waals surface area contributed by atoms with E-state index in [0.717, 1.165) is 23.9 Å². The zero-order valence-electron chi connectivity index (χ0n) is 12.6. The maximum absolute atomic E-state index is 11.9. The third-order valence-electron chi connectivity index (χ3n) is 2.88. The van der Waals surface area contributed by atoms with Crippen molar-refractivity contribution in [3.63, 3.8) is 0 Å². The van der Waals surface area contributed by atoms with Crippen LogP contribution in [0, 0.1) is 10.1 Å². The van der Waals surface area contributed by atoms with Crippen LogP contribution in [-0.2, 0) is 11.3 Å². The first kappa shape index (κ1) is 16.4. The first-order chi connectivity index (χ1) is 11.1. The number of hydrogen-bond donors (Lipinski definition) is 1. The predicted octanol–water partition coefficient (Wildman–Crippen LogP) is 2.00. The van der Waals surface area contributed by atoms with Gasteiger partial charge >= 0.3 is 5.95 Å². The van der Waals surface area contributed by atoms with Gasteiger partial charge in [-0.1, -0.05) is 24.4 Å². The van der Waals surface area contributed by atoms with Gasteiger partial charge in [-0.05, 0) is 23.5 Å². The lowest BCUT2D eigenvalue weighted by Gasteiger charge is -2.08. The second-order valence-corrected chi connectivity index (χ2v) is 4.78. The minimum absolute atomic E-state index is 0.165. The number of nitro groups is 1. The van der Waals surface area contributed by atoms with Crippen molar-refractivity contribution in [1.82, 2.24) is 14.8 Å². The molecule has 0 fully saturated rings. The standard InChI is InChI=1S/C14H17N5O4/c1-2-3-7-23-12-6-4-5-11(8-12)16-13(20)9-18-10-15-14(17-18)19(21)22/h4-6,8,10H,2-3,7,9H2,1H3,(H,16,20). The van der Waals surface area contributed by atoms with Crippen molar-refractivity contribution in [2.75, 3.05) is 11.9 Å². The Morgan fingerprint density at radius 2 is 2.30 bits per heavy atom. The molecule has 0 aliphatic carbocycles. The lowest BCUT2D eigenvalue weighted by Crippen LogP contribution is -2.19. The zero-order chi connectivity index (χ0) is 16.7. The van der Waals surface area contributed by atoms with Crippen LogP contribution in [0.2, 0.25) is 0 Å². The molecule has 0 saturated carbocycles. The van der Waals surface area contributed by atoms with E-state index in [1.54, 1.807) is 18.2 Å². The molecular weight excluding hydrogens is 302 g/mol. The van der Waals surface area contributed by atoms with Gasteiger partial charge in [0.25, 0.3) is 0 Å². The minimum Gasteiger partial charge on any atom is -0.494 e. The molecule has 0 bridgehead atoms. The SMILES string of the molecule is CCCCOc1cccc(NC(=O)Cn2cnc([N+](=O)[O-])n2)c1. The molecule has 9 nitrogen and oxygen atoms in total. The van der Waals surface area contributed by atoms with Gasteiger partial charge < -0.3 is 20.2 Å². The van der Waals surface area contributed by atoms with Gasteiger partial charge in [-0.2, -0.15) is 4.68 Å². The number of carbonyl (C=O) groups excluding carboxylic acids is 1. The summed E-state index contributed by atoms with van der Waals surface area (Å²) >= 11 is 0. The van der Waals surface area contributed by atoms with E-state index in [0.29, 0.717) is 18.0 Å². The minimum atomic E-state index is -0.717. The second-order valence-electron chi connectivity index (χ2n) is 4.78. The number of unbranched alkanes of at least 4 members (excludes halogenated alkanes) is 1. The Morgan fingerprint density at radius 3 is 3.00 bits per heavy atom. The quantitative estimate of drug-likeness (QED) is 0.452. The first-order valence-corrected chi connectivity index (χ1v) is 7.15. The van der Waals surface area contributed by atoms with Gasteiger partial charge in [-0.25, -0.2) is 0 Å². The van der Waals surface area contributed by atoms with Crippen LogP contribution in [0.15, 0.2) is 30.6 Å². The number of nitrogens with one attached hydrogen (secondary N) is 1. The largest absolute Gasteiger partial charge is 0.494 e. The fourth-order valence-electron chi connectivity index (χ4n) is 1.79. The average molecular weight is 319 g/mol. The van der Waals surface area contributed by atoms with Crippen LogP contribution in [0.25, 0.3) is 0 Å². The number of nitrogens with zero attached hydrogens (tertiary/aromatic N) is 4. The summed E-state index contributed by atoms with van der Waals surface area (Å²) in [6.45, 7) is 2.53. The number of carbonyl (C=O) groups is 1. The van der Waals surface area contributed by atoms with Crippen LogP contribution in [0.1, 0.15) is 19.8 Å². The Labute approximate surface area is 132 Å². The van der Waals surface area contributed by atoms with Crippen LogP contribution >= 0.6 is 0 Å². The third-order valence-corrected chi connectivity index (χ3v) is 2.88. The molecule has 122 valence electrons. The molecule has 0 saturated heterocycles. The highest BCUT2D eigenvalue weighted by Gasteiger charge is 2.15. The molecule has 23 heavy (non-hydrogen) atoms. The summed E-state index contributed by atoms with van der Waals surface area (Å²) in [6, 6.07) is 7.04. The van der Waals surface area contributed by atoms with Crippen molar-refractivity contribution in [3.8, 4) is 5.75 Å². The summed E-state index contributed by atoms with van der Waals surface area (Å²) in [5, 5.41) is 16.8. The van der Waals surface area contributed by atoms with Crippen molar-refractivity contribution >= 4 is 17.5 Å². The summed E-state index contributed by atoms with van der Waals surface area (Å²) < 4.78 is 6.67. The third kappa shape index (κ3) is 5.06. The zero-order valence-corrected chi connectivity index (χ0v) is 12.6. The molecule has 2 aromatic rings. The molecule has 9 heteroatoms. The Bertz CT molecular complexity index is 685. The van der Waals surface area contributed by atoms with Gasteiger partial charge in [0.1, 0.15) is 12.3 Å². The number of rotatable bonds is 8. The molecule has 1 heterocycles. The van der Waals surface area contributed by atoms with E-state index >= 15 is 0 Å². The maximum atomic E-state index is 11.9. The van der Waals surface area contributed by atoms with Crippen LogP contribution < -0.4 is 10.1 Å². The molecule has 0 spiro atoms. The molecule has 0 unspecified atom stereocenters.